The molecule has 0 aliphatic rings. The Morgan fingerprint density at radius 1 is 1.11 bits per heavy atom. The number of para-hydroxylation sites is 1. The predicted octanol–water partition coefficient (Wildman–Crippen LogP) is 6.01. The molecule has 1 amide bonds. The van der Waals surface area contributed by atoms with Crippen LogP contribution in [-0.2, 0) is 4.79 Å². The van der Waals surface area contributed by atoms with Crippen LogP contribution in [0.15, 0.2) is 59.0 Å². The number of carboxylic acids is 1. The van der Waals surface area contributed by atoms with Crippen molar-refractivity contribution in [3.05, 3.63) is 71.5 Å². The molecule has 35 heavy (non-hydrogen) atoms. The van der Waals surface area contributed by atoms with Gasteiger partial charge in [-0.05, 0) is 61.7 Å². The van der Waals surface area contributed by atoms with E-state index < -0.39 is 5.97 Å². The summed E-state index contributed by atoms with van der Waals surface area (Å²) in [6, 6.07) is 17.2. The first-order valence-electron chi connectivity index (χ1n) is 11.8. The fourth-order valence-corrected chi connectivity index (χ4v) is 4.05. The van der Waals surface area contributed by atoms with Crippen LogP contribution in [0.3, 0.4) is 0 Å². The van der Waals surface area contributed by atoms with E-state index in [4.69, 9.17) is 14.3 Å². The van der Waals surface area contributed by atoms with Crippen LogP contribution in [0.5, 0.6) is 5.75 Å². The molecule has 2 aromatic carbocycles. The Bertz CT molecular complexity index is 1150. The molecular formula is C28H34N2O5. The zero-order chi connectivity index (χ0) is 25.5. The summed E-state index contributed by atoms with van der Waals surface area (Å²) in [5.74, 6) is 1.68. The lowest BCUT2D eigenvalue weighted by atomic mass is 9.96. The maximum absolute atomic E-state index is 12.6. The van der Waals surface area contributed by atoms with E-state index in [9.17, 15) is 9.59 Å². The number of methoxy groups -OCH3 is 1. The molecule has 0 saturated heterocycles. The molecule has 7 heteroatoms. The number of amides is 1. The van der Waals surface area contributed by atoms with E-state index in [1.807, 2.05) is 43.3 Å². The molecule has 3 rings (SSSR count). The summed E-state index contributed by atoms with van der Waals surface area (Å²) in [6.07, 6.45) is 0.810. The number of furan rings is 1. The van der Waals surface area contributed by atoms with Gasteiger partial charge in [0.2, 0.25) is 0 Å². The lowest BCUT2D eigenvalue weighted by Gasteiger charge is -2.22. The number of nitrogens with zero attached hydrogens (tertiary/aromatic N) is 1. The number of aliphatic carboxylic acids is 1. The van der Waals surface area contributed by atoms with Gasteiger partial charge in [0.1, 0.15) is 17.3 Å². The Balaban J connectivity index is 1.81. The van der Waals surface area contributed by atoms with Gasteiger partial charge >= 0.3 is 5.97 Å². The molecule has 1 atom stereocenters. The number of anilines is 1. The van der Waals surface area contributed by atoms with Gasteiger partial charge in [-0.1, -0.05) is 26.0 Å². The molecule has 0 fully saturated rings. The summed E-state index contributed by atoms with van der Waals surface area (Å²) in [6.45, 7) is 6.50. The number of hydrogen-bond acceptors (Lipinski definition) is 5. The summed E-state index contributed by atoms with van der Waals surface area (Å²) < 4.78 is 11.7. The van der Waals surface area contributed by atoms with Gasteiger partial charge in [0.05, 0.1) is 25.1 Å². The Labute approximate surface area is 206 Å². The van der Waals surface area contributed by atoms with Crippen molar-refractivity contribution < 1.29 is 23.8 Å². The highest BCUT2D eigenvalue weighted by Crippen LogP contribution is 2.37. The van der Waals surface area contributed by atoms with E-state index in [1.165, 1.54) is 4.90 Å². The first-order valence-corrected chi connectivity index (χ1v) is 11.8. The topological polar surface area (TPSA) is 92.0 Å². The second-order valence-electron chi connectivity index (χ2n) is 9.10. The van der Waals surface area contributed by atoms with Crippen LogP contribution in [0.4, 0.5) is 5.69 Å². The van der Waals surface area contributed by atoms with Gasteiger partial charge in [0, 0.05) is 30.4 Å². The lowest BCUT2D eigenvalue weighted by molar-refractivity contribution is -0.137. The Morgan fingerprint density at radius 3 is 2.43 bits per heavy atom. The average molecular weight is 479 g/mol. The number of aryl methyl sites for hydroxylation is 1. The number of carboxylic acid groups (broad SMARTS) is 1. The minimum atomic E-state index is -0.927. The van der Waals surface area contributed by atoms with Crippen molar-refractivity contribution in [2.45, 2.75) is 39.7 Å². The molecule has 1 unspecified atom stereocenters. The maximum atomic E-state index is 12.6. The van der Waals surface area contributed by atoms with Gasteiger partial charge in [-0.25, -0.2) is 0 Å². The van der Waals surface area contributed by atoms with E-state index >= 15 is 0 Å². The van der Waals surface area contributed by atoms with Crippen LogP contribution in [-0.4, -0.2) is 42.6 Å². The van der Waals surface area contributed by atoms with E-state index in [-0.39, 0.29) is 24.9 Å². The van der Waals surface area contributed by atoms with E-state index in [2.05, 4.69) is 25.2 Å². The molecule has 2 N–H and O–H groups in total. The van der Waals surface area contributed by atoms with E-state index in [1.54, 1.807) is 26.3 Å². The SMILES string of the molecule is COc1ccccc1-c1cc(C(CC(C)C)Nc2ccc(C(=O)N(C)CCC(=O)O)cc2)c(C)o1. The number of carbonyl (C=O) groups is 2. The smallest absolute Gasteiger partial charge is 0.305 e. The van der Waals surface area contributed by atoms with Crippen molar-refractivity contribution in [3.63, 3.8) is 0 Å². The number of hydrogen-bond donors (Lipinski definition) is 2. The third-order valence-electron chi connectivity index (χ3n) is 5.89. The zero-order valence-electron chi connectivity index (χ0n) is 21.0. The quantitative estimate of drug-likeness (QED) is 0.351. The van der Waals surface area contributed by atoms with Crippen LogP contribution in [0.1, 0.15) is 54.4 Å². The molecular weight excluding hydrogens is 444 g/mol. The Kier molecular flexibility index (Phi) is 8.58. The summed E-state index contributed by atoms with van der Waals surface area (Å²) in [5, 5.41) is 12.4. The molecule has 0 aliphatic heterocycles. The average Bonchev–Trinajstić information content (AvgIpc) is 3.23. The molecule has 0 spiro atoms. The molecule has 1 heterocycles. The highest BCUT2D eigenvalue weighted by atomic mass is 16.5. The summed E-state index contributed by atoms with van der Waals surface area (Å²) in [5.41, 5.74) is 3.39. The minimum Gasteiger partial charge on any atom is -0.496 e. The van der Waals surface area contributed by atoms with E-state index in [0.29, 0.717) is 11.5 Å². The largest absolute Gasteiger partial charge is 0.496 e. The van der Waals surface area contributed by atoms with E-state index in [0.717, 1.165) is 40.5 Å². The van der Waals surface area contributed by atoms with Crippen LogP contribution in [0, 0.1) is 12.8 Å². The van der Waals surface area contributed by atoms with Gasteiger partial charge < -0.3 is 24.5 Å². The fraction of sp³-hybridized carbons (Fsp3) is 0.357. The van der Waals surface area contributed by atoms with Crippen molar-refractivity contribution in [1.29, 1.82) is 0 Å². The fourth-order valence-electron chi connectivity index (χ4n) is 4.05. The van der Waals surface area contributed by atoms with Crippen LogP contribution >= 0.6 is 0 Å². The van der Waals surface area contributed by atoms with Crippen molar-refractivity contribution in [1.82, 2.24) is 4.90 Å². The number of nitrogens with one attached hydrogen (secondary N) is 1. The van der Waals surface area contributed by atoms with Crippen molar-refractivity contribution in [3.8, 4) is 17.1 Å². The summed E-state index contributed by atoms with van der Waals surface area (Å²) in [4.78, 5) is 24.8. The third kappa shape index (κ3) is 6.66. The predicted molar refractivity (Wildman–Crippen MR) is 137 cm³/mol. The first kappa shape index (κ1) is 25.9. The number of rotatable bonds is 11. The van der Waals surface area contributed by atoms with Crippen molar-refractivity contribution in [2.75, 3.05) is 26.0 Å². The Morgan fingerprint density at radius 2 is 1.80 bits per heavy atom. The van der Waals surface area contributed by atoms with Gasteiger partial charge in [0.15, 0.2) is 0 Å². The van der Waals surface area contributed by atoms with Crippen molar-refractivity contribution >= 4 is 17.6 Å². The van der Waals surface area contributed by atoms with Crippen molar-refractivity contribution in [2.24, 2.45) is 5.92 Å². The molecule has 0 saturated carbocycles. The van der Waals surface area contributed by atoms with Gasteiger partial charge in [-0.15, -0.1) is 0 Å². The molecule has 0 bridgehead atoms. The molecule has 0 aliphatic carbocycles. The zero-order valence-corrected chi connectivity index (χ0v) is 21.0. The molecule has 7 nitrogen and oxygen atoms in total. The maximum Gasteiger partial charge on any atom is 0.305 e. The third-order valence-corrected chi connectivity index (χ3v) is 5.89. The lowest BCUT2D eigenvalue weighted by Crippen LogP contribution is -2.29. The summed E-state index contributed by atoms with van der Waals surface area (Å²) in [7, 11) is 3.26. The monoisotopic (exact) mass is 478 g/mol. The minimum absolute atomic E-state index is 0.0157. The summed E-state index contributed by atoms with van der Waals surface area (Å²) >= 11 is 0. The number of benzene rings is 2. The van der Waals surface area contributed by atoms with Gasteiger partial charge in [0.25, 0.3) is 5.91 Å². The number of ether oxygens (including phenoxy) is 1. The molecule has 1 aromatic heterocycles. The van der Waals surface area contributed by atoms with Crippen LogP contribution in [0.2, 0.25) is 0 Å². The standard InChI is InChI=1S/C28H34N2O5/c1-18(2)16-24(23-17-26(35-19(23)3)22-8-6-7-9-25(22)34-5)29-21-12-10-20(11-13-21)28(33)30(4)15-14-27(31)32/h6-13,17-18,24,29H,14-16H2,1-5H3,(H,31,32). The first-order chi connectivity index (χ1) is 16.7. The highest BCUT2D eigenvalue weighted by Gasteiger charge is 2.22. The highest BCUT2D eigenvalue weighted by molar-refractivity contribution is 5.94. The van der Waals surface area contributed by atoms with Crippen LogP contribution < -0.4 is 10.1 Å². The molecule has 0 radical (unpaired) electrons. The second kappa shape index (κ2) is 11.6. The normalized spacial score (nSPS) is 11.8. The molecule has 186 valence electrons. The van der Waals surface area contributed by atoms with Crippen LogP contribution in [0.25, 0.3) is 11.3 Å². The van der Waals surface area contributed by atoms with Gasteiger partial charge in [-0.2, -0.15) is 0 Å². The Hall–Kier alpha value is -3.74. The van der Waals surface area contributed by atoms with Gasteiger partial charge in [-0.3, -0.25) is 9.59 Å². The molecule has 3 aromatic rings. The second-order valence-corrected chi connectivity index (χ2v) is 9.10. The number of carbonyl (C=O) groups excluding carboxylic acids is 1.